The third-order valence-electron chi connectivity index (χ3n) is 5.23. The molecule has 5 nitrogen and oxygen atoms in total. The zero-order valence-electron chi connectivity index (χ0n) is 15.8. The van der Waals surface area contributed by atoms with Crippen LogP contribution in [0.5, 0.6) is 5.75 Å². The van der Waals surface area contributed by atoms with Crippen LogP contribution in [0.4, 0.5) is 5.69 Å². The highest BCUT2D eigenvalue weighted by Gasteiger charge is 2.44. The van der Waals surface area contributed by atoms with Gasteiger partial charge in [0.2, 0.25) is 0 Å². The van der Waals surface area contributed by atoms with Crippen LogP contribution in [0.25, 0.3) is 0 Å². The molecule has 0 aliphatic carbocycles. The minimum absolute atomic E-state index is 0.0166. The van der Waals surface area contributed by atoms with Gasteiger partial charge in [-0.3, -0.25) is 14.7 Å². The third-order valence-corrected chi connectivity index (χ3v) is 5.23. The summed E-state index contributed by atoms with van der Waals surface area (Å²) in [7, 11) is 3.61. The molecule has 0 bridgehead atoms. The average molecular weight is 361 g/mol. The van der Waals surface area contributed by atoms with E-state index in [1.165, 1.54) is 0 Å². The Balaban J connectivity index is 1.89. The maximum atomic E-state index is 13.5. The predicted molar refractivity (Wildman–Crippen MR) is 107 cm³/mol. The van der Waals surface area contributed by atoms with E-state index in [1.807, 2.05) is 66.2 Å². The average Bonchev–Trinajstić information content (AvgIpc) is 2.93. The van der Waals surface area contributed by atoms with Crippen molar-refractivity contribution in [3.63, 3.8) is 0 Å². The minimum Gasteiger partial charge on any atom is -0.497 e. The molecule has 2 aliphatic heterocycles. The number of anilines is 1. The number of ether oxygens (including phenoxy) is 1. The minimum atomic E-state index is -0.189. The fraction of sp³-hybridized carbons (Fsp3) is 0.273. The first-order chi connectivity index (χ1) is 13.1. The molecule has 2 aromatic rings. The normalized spacial score (nSPS) is 19.7. The van der Waals surface area contributed by atoms with Crippen LogP contribution in [-0.4, -0.2) is 43.8 Å². The maximum absolute atomic E-state index is 13.5. The van der Waals surface area contributed by atoms with Gasteiger partial charge >= 0.3 is 0 Å². The van der Waals surface area contributed by atoms with Crippen molar-refractivity contribution in [3.8, 4) is 5.75 Å². The van der Waals surface area contributed by atoms with Gasteiger partial charge < -0.3 is 9.64 Å². The number of likely N-dealkylation sites (N-methyl/N-ethyl adjacent to an activating group) is 1. The molecule has 2 aliphatic rings. The van der Waals surface area contributed by atoms with Crippen molar-refractivity contribution in [2.75, 3.05) is 32.1 Å². The molecule has 0 N–H and O–H groups in total. The van der Waals surface area contributed by atoms with E-state index in [2.05, 4.69) is 12.1 Å². The lowest BCUT2D eigenvalue weighted by molar-refractivity contribution is -0.116. The number of amides is 1. The molecule has 5 heteroatoms. The van der Waals surface area contributed by atoms with Crippen LogP contribution in [0, 0.1) is 0 Å². The topological polar surface area (TPSA) is 45.1 Å². The van der Waals surface area contributed by atoms with E-state index >= 15 is 0 Å². The smallest absolute Gasteiger partial charge is 0.275 e. The summed E-state index contributed by atoms with van der Waals surface area (Å²) in [6.45, 7) is 3.45. The van der Waals surface area contributed by atoms with Gasteiger partial charge in [0.15, 0.2) is 0 Å². The Hall–Kier alpha value is -3.08. The van der Waals surface area contributed by atoms with E-state index in [4.69, 9.17) is 9.73 Å². The lowest BCUT2D eigenvalue weighted by Gasteiger charge is -2.28. The molecular weight excluding hydrogens is 338 g/mol. The van der Waals surface area contributed by atoms with Crippen LogP contribution in [0.1, 0.15) is 18.5 Å². The first kappa shape index (κ1) is 17.3. The molecule has 0 radical (unpaired) electrons. The summed E-state index contributed by atoms with van der Waals surface area (Å²) >= 11 is 0. The van der Waals surface area contributed by atoms with Crippen molar-refractivity contribution in [2.24, 2.45) is 4.99 Å². The van der Waals surface area contributed by atoms with E-state index in [9.17, 15) is 4.79 Å². The van der Waals surface area contributed by atoms with Crippen LogP contribution in [0.2, 0.25) is 0 Å². The fourth-order valence-electron chi connectivity index (χ4n) is 3.87. The Bertz CT molecular complexity index is 916. The van der Waals surface area contributed by atoms with E-state index in [1.54, 1.807) is 7.11 Å². The molecule has 4 rings (SSSR count). The van der Waals surface area contributed by atoms with Gasteiger partial charge in [-0.15, -0.1) is 0 Å². The fourth-order valence-corrected chi connectivity index (χ4v) is 3.87. The lowest BCUT2D eigenvalue weighted by Crippen LogP contribution is -2.34. The molecule has 138 valence electrons. The maximum Gasteiger partial charge on any atom is 0.275 e. The quantitative estimate of drug-likeness (QED) is 0.841. The zero-order valence-corrected chi connectivity index (χ0v) is 15.8. The second-order valence-electron chi connectivity index (χ2n) is 6.84. The van der Waals surface area contributed by atoms with Crippen molar-refractivity contribution in [3.05, 3.63) is 71.4 Å². The van der Waals surface area contributed by atoms with Crippen molar-refractivity contribution < 1.29 is 9.53 Å². The highest BCUT2D eigenvalue weighted by atomic mass is 16.5. The van der Waals surface area contributed by atoms with Gasteiger partial charge in [-0.2, -0.15) is 0 Å². The highest BCUT2D eigenvalue weighted by Crippen LogP contribution is 2.43. The van der Waals surface area contributed by atoms with E-state index in [0.29, 0.717) is 6.54 Å². The van der Waals surface area contributed by atoms with Gasteiger partial charge in [-0.25, -0.2) is 0 Å². The number of methoxy groups -OCH3 is 1. The number of carbonyl (C=O) groups excluding carboxylic acids is 1. The van der Waals surface area contributed by atoms with Gasteiger partial charge in [-0.05, 0) is 36.8 Å². The van der Waals surface area contributed by atoms with Crippen molar-refractivity contribution in [1.29, 1.82) is 0 Å². The largest absolute Gasteiger partial charge is 0.497 e. The van der Waals surface area contributed by atoms with Crippen molar-refractivity contribution in [1.82, 2.24) is 4.90 Å². The van der Waals surface area contributed by atoms with Gasteiger partial charge in [0.1, 0.15) is 11.4 Å². The summed E-state index contributed by atoms with van der Waals surface area (Å²) in [5.41, 5.74) is 4.62. The number of rotatable bonds is 3. The Morgan fingerprint density at radius 2 is 1.78 bits per heavy atom. The number of aliphatic imine (C=N–C) groups is 1. The third kappa shape index (κ3) is 2.89. The summed E-state index contributed by atoms with van der Waals surface area (Å²) in [5.74, 6) is 0.786. The van der Waals surface area contributed by atoms with Gasteiger partial charge in [0.05, 0.1) is 19.7 Å². The molecule has 27 heavy (non-hydrogen) atoms. The molecular formula is C22H23N3O2. The second kappa shape index (κ2) is 6.91. The number of carbonyl (C=O) groups is 1. The first-order valence-corrected chi connectivity index (χ1v) is 9.11. The Kier molecular flexibility index (Phi) is 4.44. The zero-order chi connectivity index (χ0) is 19.0. The predicted octanol–water partition coefficient (Wildman–Crippen LogP) is 3.44. The number of hydrogen-bond acceptors (Lipinski definition) is 4. The molecule has 0 saturated carbocycles. The van der Waals surface area contributed by atoms with E-state index < -0.39 is 0 Å². The lowest BCUT2D eigenvalue weighted by atomic mass is 9.95. The van der Waals surface area contributed by atoms with Gasteiger partial charge in [0.25, 0.3) is 5.91 Å². The standard InChI is InChI=1S/C22H23N3O2/c1-15-19-20(16-7-5-4-6-8-16)25(17-9-11-18(27-3)12-10-17)22(26)21(19)24(2)14-13-23-15/h4-12,20H,13-14H2,1-3H3. The summed E-state index contributed by atoms with van der Waals surface area (Å²) < 4.78 is 5.27. The molecule has 1 amide bonds. The molecule has 0 saturated heterocycles. The van der Waals surface area contributed by atoms with Crippen LogP contribution in [0.3, 0.4) is 0 Å². The van der Waals surface area contributed by atoms with E-state index in [0.717, 1.165) is 40.5 Å². The van der Waals surface area contributed by atoms with Crippen LogP contribution in [0.15, 0.2) is 70.9 Å². The first-order valence-electron chi connectivity index (χ1n) is 9.11. The Labute approximate surface area is 159 Å². The number of nitrogens with zero attached hydrogens (tertiary/aromatic N) is 3. The molecule has 1 atom stereocenters. The molecule has 0 fully saturated rings. The summed E-state index contributed by atoms with van der Waals surface area (Å²) in [5, 5.41) is 0. The molecule has 0 aromatic heterocycles. The summed E-state index contributed by atoms with van der Waals surface area (Å²) in [6, 6.07) is 17.6. The van der Waals surface area contributed by atoms with Gasteiger partial charge in [-0.1, -0.05) is 30.3 Å². The van der Waals surface area contributed by atoms with Crippen molar-refractivity contribution in [2.45, 2.75) is 13.0 Å². The second-order valence-corrected chi connectivity index (χ2v) is 6.84. The number of benzene rings is 2. The van der Waals surface area contributed by atoms with Crippen molar-refractivity contribution >= 4 is 17.3 Å². The van der Waals surface area contributed by atoms with Crippen LogP contribution >= 0.6 is 0 Å². The summed E-state index contributed by atoms with van der Waals surface area (Å²) in [6.07, 6.45) is 0. The Morgan fingerprint density at radius 3 is 2.44 bits per heavy atom. The molecule has 2 heterocycles. The highest BCUT2D eigenvalue weighted by molar-refractivity contribution is 6.18. The van der Waals surface area contributed by atoms with Crippen LogP contribution in [-0.2, 0) is 4.79 Å². The number of hydrogen-bond donors (Lipinski definition) is 0. The molecule has 1 unspecified atom stereocenters. The Morgan fingerprint density at radius 1 is 1.07 bits per heavy atom. The van der Waals surface area contributed by atoms with Crippen LogP contribution < -0.4 is 9.64 Å². The monoisotopic (exact) mass is 361 g/mol. The summed E-state index contributed by atoms with van der Waals surface area (Å²) in [4.78, 5) is 22.1. The molecule has 0 spiro atoms. The molecule has 2 aromatic carbocycles. The van der Waals surface area contributed by atoms with E-state index in [-0.39, 0.29) is 11.9 Å². The van der Waals surface area contributed by atoms with Gasteiger partial charge in [0, 0.05) is 30.6 Å². The SMILES string of the molecule is COc1ccc(N2C(=O)C3=C(C(C)=NCCN3C)C2c2ccccc2)cc1.